The molecule has 0 radical (unpaired) electrons. The maximum atomic E-state index is 12.3. The zero-order valence-electron chi connectivity index (χ0n) is 16.6. The Balaban J connectivity index is 1.51. The van der Waals surface area contributed by atoms with E-state index in [4.69, 9.17) is 9.47 Å². The van der Waals surface area contributed by atoms with Crippen molar-refractivity contribution in [3.05, 3.63) is 41.5 Å². The van der Waals surface area contributed by atoms with Gasteiger partial charge >= 0.3 is 0 Å². The Hall–Kier alpha value is -2.75. The molecule has 2 heterocycles. The molecule has 3 rings (SSSR count). The highest BCUT2D eigenvalue weighted by atomic mass is 19.3. The minimum absolute atomic E-state index is 0.173. The van der Waals surface area contributed by atoms with Crippen molar-refractivity contribution >= 4 is 5.96 Å². The van der Waals surface area contributed by atoms with Crippen LogP contribution in [0.4, 0.5) is 8.78 Å². The molecule has 8 nitrogen and oxygen atoms in total. The molecular weight excluding hydrogens is 382 g/mol. The highest BCUT2D eigenvalue weighted by Gasteiger charge is 2.22. The van der Waals surface area contributed by atoms with Gasteiger partial charge in [-0.1, -0.05) is 12.1 Å². The molecule has 10 heteroatoms. The van der Waals surface area contributed by atoms with Crippen molar-refractivity contribution in [3.63, 3.8) is 0 Å². The molecule has 2 aromatic rings. The van der Waals surface area contributed by atoms with E-state index in [0.29, 0.717) is 37.2 Å². The average molecular weight is 408 g/mol. The van der Waals surface area contributed by atoms with E-state index in [0.717, 1.165) is 24.2 Å². The molecule has 0 amide bonds. The van der Waals surface area contributed by atoms with Crippen LogP contribution in [-0.2, 0) is 30.9 Å². The SMILES string of the molecule is CN=C(NCc1cccc(OCC(F)F)c1)NC1CCc2nc(COC)nn2C1. The second kappa shape index (κ2) is 10.1. The number of guanidine groups is 1. The molecule has 1 aromatic carbocycles. The van der Waals surface area contributed by atoms with Crippen molar-refractivity contribution in [3.8, 4) is 5.75 Å². The van der Waals surface area contributed by atoms with Crippen LogP contribution in [0.25, 0.3) is 0 Å². The van der Waals surface area contributed by atoms with Crippen molar-refractivity contribution in [2.75, 3.05) is 20.8 Å². The Kier molecular flexibility index (Phi) is 7.34. The number of rotatable bonds is 8. The Labute approximate surface area is 168 Å². The lowest BCUT2D eigenvalue weighted by molar-refractivity contribution is 0.0818. The molecule has 29 heavy (non-hydrogen) atoms. The largest absolute Gasteiger partial charge is 0.488 e. The normalized spacial score (nSPS) is 16.6. The molecule has 0 spiro atoms. The number of ether oxygens (including phenoxy) is 2. The minimum atomic E-state index is -2.49. The first-order chi connectivity index (χ1) is 14.1. The number of hydrogen-bond acceptors (Lipinski definition) is 5. The van der Waals surface area contributed by atoms with Gasteiger partial charge in [-0.25, -0.2) is 18.4 Å². The number of aromatic nitrogens is 3. The Morgan fingerprint density at radius 2 is 2.28 bits per heavy atom. The summed E-state index contributed by atoms with van der Waals surface area (Å²) >= 11 is 0. The van der Waals surface area contributed by atoms with Crippen molar-refractivity contribution in [2.45, 2.75) is 45.0 Å². The molecule has 0 bridgehead atoms. The highest BCUT2D eigenvalue weighted by Crippen LogP contribution is 2.15. The van der Waals surface area contributed by atoms with Crippen LogP contribution >= 0.6 is 0 Å². The number of benzene rings is 1. The monoisotopic (exact) mass is 408 g/mol. The molecule has 1 unspecified atom stereocenters. The summed E-state index contributed by atoms with van der Waals surface area (Å²) in [5.41, 5.74) is 0.908. The van der Waals surface area contributed by atoms with Gasteiger partial charge < -0.3 is 20.1 Å². The van der Waals surface area contributed by atoms with E-state index in [2.05, 4.69) is 25.7 Å². The number of aliphatic imine (C=N–C) groups is 1. The lowest BCUT2D eigenvalue weighted by Crippen LogP contribution is -2.46. The zero-order valence-corrected chi connectivity index (χ0v) is 16.6. The standard InChI is InChI=1S/C19H26F2N6O2/c1-22-19(23-9-13-4-3-5-15(8-13)29-11-16(20)21)24-14-6-7-18-25-17(12-28-2)26-27(18)10-14/h3-5,8,14,16H,6-7,9-12H2,1-2H3,(H2,22,23,24). The maximum absolute atomic E-state index is 12.3. The van der Waals surface area contributed by atoms with Gasteiger partial charge in [0.25, 0.3) is 6.43 Å². The van der Waals surface area contributed by atoms with Crippen LogP contribution in [0.3, 0.4) is 0 Å². The lowest BCUT2D eigenvalue weighted by Gasteiger charge is -2.25. The predicted molar refractivity (Wildman–Crippen MR) is 104 cm³/mol. The molecule has 2 N–H and O–H groups in total. The van der Waals surface area contributed by atoms with Crippen LogP contribution in [0.15, 0.2) is 29.3 Å². The first-order valence-electron chi connectivity index (χ1n) is 9.46. The number of nitrogens with one attached hydrogen (secondary N) is 2. The summed E-state index contributed by atoms with van der Waals surface area (Å²) in [4.78, 5) is 8.75. The molecule has 1 atom stereocenters. The van der Waals surface area contributed by atoms with Crippen molar-refractivity contribution in [1.29, 1.82) is 0 Å². The van der Waals surface area contributed by atoms with E-state index in [1.165, 1.54) is 0 Å². The number of aryl methyl sites for hydroxylation is 1. The van der Waals surface area contributed by atoms with Gasteiger partial charge in [-0.05, 0) is 24.1 Å². The van der Waals surface area contributed by atoms with Gasteiger partial charge in [0, 0.05) is 33.2 Å². The van der Waals surface area contributed by atoms with E-state index in [1.54, 1.807) is 32.4 Å². The van der Waals surface area contributed by atoms with E-state index in [-0.39, 0.29) is 6.04 Å². The van der Waals surface area contributed by atoms with Gasteiger partial charge in [0.05, 0.1) is 6.54 Å². The summed E-state index contributed by atoms with van der Waals surface area (Å²) in [7, 11) is 3.33. The molecule has 1 aliphatic rings. The summed E-state index contributed by atoms with van der Waals surface area (Å²) in [5.74, 6) is 2.75. The first-order valence-corrected chi connectivity index (χ1v) is 9.46. The molecule has 1 aromatic heterocycles. The van der Waals surface area contributed by atoms with Gasteiger partial charge in [0.1, 0.15) is 24.8 Å². The van der Waals surface area contributed by atoms with Crippen LogP contribution < -0.4 is 15.4 Å². The van der Waals surface area contributed by atoms with E-state index in [1.807, 2.05) is 10.7 Å². The van der Waals surface area contributed by atoms with Crippen LogP contribution in [0.1, 0.15) is 23.6 Å². The summed E-state index contributed by atoms with van der Waals surface area (Å²) in [6, 6.07) is 7.25. The fourth-order valence-corrected chi connectivity index (χ4v) is 3.15. The Morgan fingerprint density at radius 1 is 1.41 bits per heavy atom. The van der Waals surface area contributed by atoms with Gasteiger partial charge in [-0.3, -0.25) is 4.99 Å². The molecule has 1 aliphatic heterocycles. The van der Waals surface area contributed by atoms with Crippen LogP contribution in [0.2, 0.25) is 0 Å². The topological polar surface area (TPSA) is 85.6 Å². The predicted octanol–water partition coefficient (Wildman–Crippen LogP) is 1.75. The molecule has 0 aliphatic carbocycles. The summed E-state index contributed by atoms with van der Waals surface area (Å²) in [6.07, 6.45) is -0.746. The fourth-order valence-electron chi connectivity index (χ4n) is 3.15. The third-order valence-corrected chi connectivity index (χ3v) is 4.47. The zero-order chi connectivity index (χ0) is 20.6. The molecule has 158 valence electrons. The number of nitrogens with zero attached hydrogens (tertiary/aromatic N) is 4. The Bertz CT molecular complexity index is 827. The highest BCUT2D eigenvalue weighted by molar-refractivity contribution is 5.79. The van der Waals surface area contributed by atoms with Gasteiger partial charge in [-0.15, -0.1) is 0 Å². The quantitative estimate of drug-likeness (QED) is 0.511. The van der Waals surface area contributed by atoms with Gasteiger partial charge in [-0.2, -0.15) is 5.10 Å². The van der Waals surface area contributed by atoms with Gasteiger partial charge in [0.15, 0.2) is 11.8 Å². The average Bonchev–Trinajstić information content (AvgIpc) is 3.11. The summed E-state index contributed by atoms with van der Waals surface area (Å²) < 4.78 is 36.7. The van der Waals surface area contributed by atoms with Crippen LogP contribution in [-0.4, -0.2) is 54.0 Å². The van der Waals surface area contributed by atoms with Gasteiger partial charge in [0.2, 0.25) is 0 Å². The van der Waals surface area contributed by atoms with Crippen molar-refractivity contribution in [2.24, 2.45) is 4.99 Å². The Morgan fingerprint density at radius 3 is 3.03 bits per heavy atom. The summed E-state index contributed by atoms with van der Waals surface area (Å²) in [6.45, 7) is 0.980. The first kappa shape index (κ1) is 21.0. The number of halogens is 2. The smallest absolute Gasteiger partial charge is 0.272 e. The van der Waals surface area contributed by atoms with E-state index >= 15 is 0 Å². The van der Waals surface area contributed by atoms with Crippen molar-refractivity contribution < 1.29 is 18.3 Å². The number of alkyl halides is 2. The van der Waals surface area contributed by atoms with E-state index < -0.39 is 13.0 Å². The molecular formula is C19H26F2N6O2. The number of hydrogen-bond donors (Lipinski definition) is 2. The minimum Gasteiger partial charge on any atom is -0.488 e. The van der Waals surface area contributed by atoms with E-state index in [9.17, 15) is 8.78 Å². The summed E-state index contributed by atoms with van der Waals surface area (Å²) in [5, 5.41) is 11.1. The maximum Gasteiger partial charge on any atom is 0.272 e. The lowest BCUT2D eigenvalue weighted by atomic mass is 10.1. The van der Waals surface area contributed by atoms with Crippen LogP contribution in [0, 0.1) is 0 Å². The molecule has 0 fully saturated rings. The molecule has 0 saturated heterocycles. The second-order valence-corrected chi connectivity index (χ2v) is 6.71. The van der Waals surface area contributed by atoms with Crippen molar-refractivity contribution in [1.82, 2.24) is 25.4 Å². The third-order valence-electron chi connectivity index (χ3n) is 4.47. The third kappa shape index (κ3) is 6.11. The number of fused-ring (bicyclic) bond motifs is 1. The second-order valence-electron chi connectivity index (χ2n) is 6.71. The fraction of sp³-hybridized carbons (Fsp3) is 0.526. The van der Waals surface area contributed by atoms with Crippen LogP contribution in [0.5, 0.6) is 5.75 Å². The number of methoxy groups -OCH3 is 1. The molecule has 0 saturated carbocycles.